The van der Waals surface area contributed by atoms with E-state index in [0.717, 1.165) is 37.1 Å². The summed E-state index contributed by atoms with van der Waals surface area (Å²) in [6, 6.07) is 6.40. The van der Waals surface area contributed by atoms with Crippen LogP contribution in [0, 0.1) is 0 Å². The van der Waals surface area contributed by atoms with E-state index in [2.05, 4.69) is 31.4 Å². The molecule has 0 amide bonds. The Morgan fingerprint density at radius 3 is 2.67 bits per heavy atom. The second kappa shape index (κ2) is 6.94. The molecule has 0 saturated carbocycles. The summed E-state index contributed by atoms with van der Waals surface area (Å²) in [5.74, 6) is 2.48. The average molecular weight is 289 g/mol. The van der Waals surface area contributed by atoms with Crippen LogP contribution in [0.1, 0.15) is 51.8 Å². The lowest BCUT2D eigenvalue weighted by Crippen LogP contribution is -2.14. The van der Waals surface area contributed by atoms with E-state index < -0.39 is 0 Å². The van der Waals surface area contributed by atoms with Gasteiger partial charge in [-0.25, -0.2) is 4.98 Å². The summed E-state index contributed by atoms with van der Waals surface area (Å²) in [7, 11) is 1.69. The van der Waals surface area contributed by atoms with Crippen LogP contribution in [0.25, 0.3) is 11.0 Å². The number of nitrogens with two attached hydrogens (primary N) is 1. The number of methoxy groups -OCH3 is 1. The van der Waals surface area contributed by atoms with Crippen molar-refractivity contribution in [2.75, 3.05) is 7.11 Å². The fourth-order valence-electron chi connectivity index (χ4n) is 2.84. The molecular weight excluding hydrogens is 262 g/mol. The zero-order valence-electron chi connectivity index (χ0n) is 13.6. The molecule has 21 heavy (non-hydrogen) atoms. The highest BCUT2D eigenvalue weighted by Crippen LogP contribution is 2.27. The molecule has 4 nitrogen and oxygen atoms in total. The first-order chi connectivity index (χ1) is 10.1. The quantitative estimate of drug-likeness (QED) is 0.846. The summed E-state index contributed by atoms with van der Waals surface area (Å²) < 4.78 is 7.60. The van der Waals surface area contributed by atoms with E-state index in [-0.39, 0.29) is 6.04 Å². The topological polar surface area (TPSA) is 53.1 Å². The lowest BCUT2D eigenvalue weighted by Gasteiger charge is -2.14. The SMILES string of the molecule is CCn1c(C(C)CCCC(C)N)nc2cc(OC)ccc21. The second-order valence-corrected chi connectivity index (χ2v) is 5.88. The molecule has 0 bridgehead atoms. The molecule has 0 aliphatic rings. The second-order valence-electron chi connectivity index (χ2n) is 5.88. The molecule has 2 unspecified atom stereocenters. The number of ether oxygens (including phenoxy) is 1. The Kier molecular flexibility index (Phi) is 5.23. The Morgan fingerprint density at radius 2 is 2.05 bits per heavy atom. The number of rotatable bonds is 7. The van der Waals surface area contributed by atoms with Crippen LogP contribution in [0.4, 0.5) is 0 Å². The van der Waals surface area contributed by atoms with Gasteiger partial charge in [0.1, 0.15) is 11.6 Å². The van der Waals surface area contributed by atoms with Gasteiger partial charge in [-0.1, -0.05) is 13.3 Å². The van der Waals surface area contributed by atoms with Gasteiger partial charge in [0.15, 0.2) is 0 Å². The number of benzene rings is 1. The van der Waals surface area contributed by atoms with Gasteiger partial charge in [-0.3, -0.25) is 0 Å². The third-order valence-corrected chi connectivity index (χ3v) is 4.04. The minimum Gasteiger partial charge on any atom is -0.497 e. The van der Waals surface area contributed by atoms with Crippen LogP contribution < -0.4 is 10.5 Å². The van der Waals surface area contributed by atoms with E-state index in [1.807, 2.05) is 12.1 Å². The Morgan fingerprint density at radius 1 is 1.29 bits per heavy atom. The van der Waals surface area contributed by atoms with Crippen molar-refractivity contribution in [1.82, 2.24) is 9.55 Å². The summed E-state index contributed by atoms with van der Waals surface area (Å²) >= 11 is 0. The number of hydrogen-bond donors (Lipinski definition) is 1. The van der Waals surface area contributed by atoms with E-state index in [1.165, 1.54) is 11.3 Å². The van der Waals surface area contributed by atoms with Gasteiger partial charge in [0.05, 0.1) is 18.1 Å². The Hall–Kier alpha value is -1.55. The molecule has 0 aliphatic heterocycles. The molecule has 0 saturated heterocycles. The molecule has 0 aliphatic carbocycles. The van der Waals surface area contributed by atoms with E-state index in [0.29, 0.717) is 5.92 Å². The van der Waals surface area contributed by atoms with E-state index in [1.54, 1.807) is 7.11 Å². The highest BCUT2D eigenvalue weighted by molar-refractivity contribution is 5.78. The van der Waals surface area contributed by atoms with Crippen LogP contribution in [-0.2, 0) is 6.54 Å². The Bertz CT molecular complexity index is 589. The minimum atomic E-state index is 0.284. The maximum absolute atomic E-state index is 5.83. The first-order valence-electron chi connectivity index (χ1n) is 7.86. The highest BCUT2D eigenvalue weighted by atomic mass is 16.5. The Balaban J connectivity index is 2.25. The van der Waals surface area contributed by atoms with E-state index in [9.17, 15) is 0 Å². The third kappa shape index (κ3) is 3.56. The fraction of sp³-hybridized carbons (Fsp3) is 0.588. The van der Waals surface area contributed by atoms with Gasteiger partial charge in [0.25, 0.3) is 0 Å². The molecule has 1 heterocycles. The van der Waals surface area contributed by atoms with Gasteiger partial charge in [-0.05, 0) is 38.8 Å². The van der Waals surface area contributed by atoms with Crippen LogP contribution in [0.15, 0.2) is 18.2 Å². The van der Waals surface area contributed by atoms with Crippen molar-refractivity contribution in [1.29, 1.82) is 0 Å². The van der Waals surface area contributed by atoms with Gasteiger partial charge in [-0.15, -0.1) is 0 Å². The number of aromatic nitrogens is 2. The summed E-state index contributed by atoms with van der Waals surface area (Å²) in [6.45, 7) is 7.43. The van der Waals surface area contributed by atoms with Gasteiger partial charge < -0.3 is 15.0 Å². The lowest BCUT2D eigenvalue weighted by atomic mass is 10.0. The predicted molar refractivity (Wildman–Crippen MR) is 87.9 cm³/mol. The van der Waals surface area contributed by atoms with Gasteiger partial charge >= 0.3 is 0 Å². The number of fused-ring (bicyclic) bond motifs is 1. The van der Waals surface area contributed by atoms with Crippen molar-refractivity contribution in [2.45, 2.75) is 58.5 Å². The molecule has 0 spiro atoms. The standard InChI is InChI=1S/C17H27N3O/c1-5-20-16-10-9-14(21-4)11-15(16)19-17(20)12(2)7-6-8-13(3)18/h9-13H,5-8,18H2,1-4H3. The largest absolute Gasteiger partial charge is 0.497 e. The van der Waals surface area contributed by atoms with Crippen molar-refractivity contribution in [3.05, 3.63) is 24.0 Å². The third-order valence-electron chi connectivity index (χ3n) is 4.04. The van der Waals surface area contributed by atoms with Gasteiger partial charge in [0, 0.05) is 24.6 Å². The zero-order valence-corrected chi connectivity index (χ0v) is 13.6. The smallest absolute Gasteiger partial charge is 0.121 e. The van der Waals surface area contributed by atoms with Crippen LogP contribution in [0.2, 0.25) is 0 Å². The molecule has 4 heteroatoms. The number of hydrogen-bond acceptors (Lipinski definition) is 3. The molecule has 1 aromatic carbocycles. The summed E-state index contributed by atoms with van der Waals surface area (Å²) in [6.07, 6.45) is 3.35. The van der Waals surface area contributed by atoms with E-state index in [4.69, 9.17) is 15.5 Å². The number of nitrogens with zero attached hydrogens (tertiary/aromatic N) is 2. The van der Waals surface area contributed by atoms with Crippen molar-refractivity contribution in [3.8, 4) is 5.75 Å². The maximum Gasteiger partial charge on any atom is 0.121 e. The van der Waals surface area contributed by atoms with E-state index >= 15 is 0 Å². The molecular formula is C17H27N3O. The molecule has 0 radical (unpaired) electrons. The van der Waals surface area contributed by atoms with Crippen LogP contribution >= 0.6 is 0 Å². The predicted octanol–water partition coefficient (Wildman–Crippen LogP) is 3.69. The fourth-order valence-corrected chi connectivity index (χ4v) is 2.84. The molecule has 116 valence electrons. The molecule has 2 rings (SSSR count). The van der Waals surface area contributed by atoms with Crippen LogP contribution in [0.5, 0.6) is 5.75 Å². The van der Waals surface area contributed by atoms with Gasteiger partial charge in [-0.2, -0.15) is 0 Å². The zero-order chi connectivity index (χ0) is 15.4. The van der Waals surface area contributed by atoms with Crippen molar-refractivity contribution < 1.29 is 4.74 Å². The van der Waals surface area contributed by atoms with Crippen molar-refractivity contribution in [3.63, 3.8) is 0 Å². The average Bonchev–Trinajstić information content (AvgIpc) is 2.84. The first-order valence-corrected chi connectivity index (χ1v) is 7.86. The van der Waals surface area contributed by atoms with Crippen LogP contribution in [-0.4, -0.2) is 22.7 Å². The molecule has 2 atom stereocenters. The Labute approximate surface area is 127 Å². The monoisotopic (exact) mass is 289 g/mol. The van der Waals surface area contributed by atoms with Crippen LogP contribution in [0.3, 0.4) is 0 Å². The highest BCUT2D eigenvalue weighted by Gasteiger charge is 2.16. The molecule has 2 N–H and O–H groups in total. The minimum absolute atomic E-state index is 0.284. The first kappa shape index (κ1) is 15.8. The molecule has 2 aromatic rings. The molecule has 1 aromatic heterocycles. The maximum atomic E-state index is 5.83. The summed E-state index contributed by atoms with van der Waals surface area (Å²) in [5, 5.41) is 0. The molecule has 0 fully saturated rings. The van der Waals surface area contributed by atoms with Crippen molar-refractivity contribution >= 4 is 11.0 Å². The summed E-state index contributed by atoms with van der Waals surface area (Å²) in [4.78, 5) is 4.84. The number of imidazole rings is 1. The number of aryl methyl sites for hydroxylation is 1. The van der Waals surface area contributed by atoms with Crippen molar-refractivity contribution in [2.24, 2.45) is 5.73 Å². The van der Waals surface area contributed by atoms with Gasteiger partial charge in [0.2, 0.25) is 0 Å². The normalized spacial score (nSPS) is 14.3. The lowest BCUT2D eigenvalue weighted by molar-refractivity contribution is 0.415. The summed E-state index contributed by atoms with van der Waals surface area (Å²) in [5.41, 5.74) is 8.04.